The van der Waals surface area contributed by atoms with E-state index < -0.39 is 63.0 Å². The van der Waals surface area contributed by atoms with Crippen LogP contribution in [0, 0.1) is 11.3 Å². The lowest BCUT2D eigenvalue weighted by molar-refractivity contribution is -0.133. The zero-order valence-corrected chi connectivity index (χ0v) is 23.6. The van der Waals surface area contributed by atoms with Crippen LogP contribution in [0.1, 0.15) is 67.2 Å². The van der Waals surface area contributed by atoms with Gasteiger partial charge in [-0.2, -0.15) is 0 Å². The summed E-state index contributed by atoms with van der Waals surface area (Å²) in [6.07, 6.45) is 0.762. The fourth-order valence-corrected chi connectivity index (χ4v) is 6.29. The summed E-state index contributed by atoms with van der Waals surface area (Å²) in [6.45, 7) is 14.6. The zero-order chi connectivity index (χ0) is 28.0. The summed E-state index contributed by atoms with van der Waals surface area (Å²) in [5.74, 6) is -0.519. The van der Waals surface area contributed by atoms with Crippen molar-refractivity contribution in [2.45, 2.75) is 108 Å². The molecule has 1 saturated heterocycles. The van der Waals surface area contributed by atoms with Crippen LogP contribution in [0.4, 0.5) is 4.79 Å². The number of hydrogen-bond acceptors (Lipinski definition) is 8. The SMILES string of the molecule is C=C[C@@H]1C[C@@]1(CNS(=O)(=O)C1CC1)NC(=O)[C@@H]1C[C@@H](O)CN1C(O)[C@@H](NC(=O)OC(C)(C)C)C(C)(C)C. The predicted octanol–water partition coefficient (Wildman–Crippen LogP) is 0.822. The second-order valence-electron chi connectivity index (χ2n) is 12.8. The van der Waals surface area contributed by atoms with Crippen LogP contribution in [0.5, 0.6) is 0 Å². The van der Waals surface area contributed by atoms with Crippen molar-refractivity contribution in [3.63, 3.8) is 0 Å². The number of aliphatic hydroxyl groups is 2. The number of nitrogens with zero attached hydrogens (tertiary/aromatic N) is 1. The van der Waals surface area contributed by atoms with Gasteiger partial charge in [-0.1, -0.05) is 26.8 Å². The van der Waals surface area contributed by atoms with Crippen LogP contribution in [0.25, 0.3) is 0 Å². The van der Waals surface area contributed by atoms with Crippen molar-refractivity contribution in [2.24, 2.45) is 11.3 Å². The molecule has 2 amide bonds. The lowest BCUT2D eigenvalue weighted by Gasteiger charge is -2.41. The fourth-order valence-electron chi connectivity index (χ4n) is 4.84. The number of sulfonamides is 1. The number of carbonyl (C=O) groups is 2. The Kier molecular flexibility index (Phi) is 8.42. The molecule has 0 spiro atoms. The quantitative estimate of drug-likeness (QED) is 0.253. The summed E-state index contributed by atoms with van der Waals surface area (Å²) in [4.78, 5) is 27.5. The third-order valence-electron chi connectivity index (χ3n) is 7.21. The Hall–Kier alpha value is -1.73. The molecule has 0 bridgehead atoms. The number of likely N-dealkylation sites (tertiary alicyclic amines) is 1. The van der Waals surface area contributed by atoms with Gasteiger partial charge in [0.2, 0.25) is 15.9 Å². The lowest BCUT2D eigenvalue weighted by atomic mass is 9.85. The largest absolute Gasteiger partial charge is 0.444 e. The predicted molar refractivity (Wildman–Crippen MR) is 139 cm³/mol. The third-order valence-corrected chi connectivity index (χ3v) is 9.10. The van der Waals surface area contributed by atoms with Crippen molar-refractivity contribution in [2.75, 3.05) is 13.1 Å². The van der Waals surface area contributed by atoms with Gasteiger partial charge in [-0.15, -0.1) is 6.58 Å². The van der Waals surface area contributed by atoms with E-state index in [0.717, 1.165) is 0 Å². The lowest BCUT2D eigenvalue weighted by Crippen LogP contribution is -2.61. The number of nitrogens with one attached hydrogen (secondary N) is 3. The molecule has 6 atom stereocenters. The summed E-state index contributed by atoms with van der Waals surface area (Å²) in [5.41, 5.74) is -2.15. The fraction of sp³-hybridized carbons (Fsp3) is 0.840. The van der Waals surface area contributed by atoms with Gasteiger partial charge in [-0.3, -0.25) is 9.69 Å². The number of β-amino-alcohol motifs (C(OH)–C–C–N with tert-alkyl or cyclic N) is 1. The number of ether oxygens (including phenoxy) is 1. The van der Waals surface area contributed by atoms with E-state index in [1.54, 1.807) is 26.8 Å². The molecule has 0 radical (unpaired) electrons. The molecule has 1 heterocycles. The molecule has 3 fully saturated rings. The Balaban J connectivity index is 1.73. The molecule has 12 heteroatoms. The van der Waals surface area contributed by atoms with Gasteiger partial charge in [-0.05, 0) is 51.9 Å². The number of carbonyl (C=O) groups excluding carboxylic acids is 2. The van der Waals surface area contributed by atoms with E-state index in [1.807, 2.05) is 20.8 Å². The highest BCUT2D eigenvalue weighted by Crippen LogP contribution is 2.44. The first-order valence-electron chi connectivity index (χ1n) is 12.9. The molecule has 5 N–H and O–H groups in total. The average molecular weight is 545 g/mol. The Morgan fingerprint density at radius 3 is 2.32 bits per heavy atom. The molecule has 1 aliphatic heterocycles. The highest BCUT2D eigenvalue weighted by Gasteiger charge is 2.56. The molecular weight excluding hydrogens is 500 g/mol. The minimum absolute atomic E-state index is 0.0357. The van der Waals surface area contributed by atoms with Crippen LogP contribution in [-0.2, 0) is 19.6 Å². The first-order chi connectivity index (χ1) is 16.9. The van der Waals surface area contributed by atoms with E-state index in [0.29, 0.717) is 19.3 Å². The second kappa shape index (κ2) is 10.4. The highest BCUT2D eigenvalue weighted by atomic mass is 32.2. The molecule has 2 aliphatic carbocycles. The maximum Gasteiger partial charge on any atom is 0.408 e. The normalized spacial score (nSPS) is 30.3. The van der Waals surface area contributed by atoms with E-state index in [2.05, 4.69) is 21.9 Å². The van der Waals surface area contributed by atoms with Gasteiger partial charge in [0.15, 0.2) is 0 Å². The topological polar surface area (TPSA) is 157 Å². The summed E-state index contributed by atoms with van der Waals surface area (Å²) >= 11 is 0. The Bertz CT molecular complexity index is 986. The first kappa shape index (κ1) is 29.8. The summed E-state index contributed by atoms with van der Waals surface area (Å²) in [6, 6.07) is -1.69. The molecule has 11 nitrogen and oxygen atoms in total. The molecule has 3 aliphatic rings. The molecule has 1 unspecified atom stereocenters. The average Bonchev–Trinajstić information content (AvgIpc) is 3.66. The summed E-state index contributed by atoms with van der Waals surface area (Å²) in [7, 11) is -3.43. The van der Waals surface area contributed by atoms with Gasteiger partial charge in [0, 0.05) is 19.0 Å². The molecule has 0 aromatic heterocycles. The van der Waals surface area contributed by atoms with Crippen LogP contribution in [0.15, 0.2) is 12.7 Å². The number of rotatable bonds is 10. The van der Waals surface area contributed by atoms with Crippen molar-refractivity contribution in [3.05, 3.63) is 12.7 Å². The van der Waals surface area contributed by atoms with Crippen molar-refractivity contribution in [1.29, 1.82) is 0 Å². The van der Waals surface area contributed by atoms with Gasteiger partial charge < -0.3 is 25.6 Å². The van der Waals surface area contributed by atoms with Crippen LogP contribution < -0.4 is 15.4 Å². The molecule has 212 valence electrons. The zero-order valence-electron chi connectivity index (χ0n) is 22.8. The minimum atomic E-state index is -3.43. The van der Waals surface area contributed by atoms with Gasteiger partial charge >= 0.3 is 6.09 Å². The van der Waals surface area contributed by atoms with Crippen molar-refractivity contribution in [3.8, 4) is 0 Å². The number of amides is 2. The van der Waals surface area contributed by atoms with E-state index in [-0.39, 0.29) is 30.7 Å². The van der Waals surface area contributed by atoms with Crippen LogP contribution in [0.3, 0.4) is 0 Å². The Morgan fingerprint density at radius 2 is 1.84 bits per heavy atom. The standard InChI is InChI=1S/C25H44N4O7S/c1-8-15-12-25(15,14-26-37(34,35)17-9-10-17)28-20(31)18-11-16(30)13-29(18)21(32)19(23(2,3)4)27-22(33)36-24(5,6)7/h8,15-19,21,26,30,32H,1,9-14H2,2-7H3,(H,27,33)(H,28,31)/t15-,16-,18+,19-,21?,25+/m1/s1. The molecule has 0 aromatic carbocycles. The second-order valence-corrected chi connectivity index (χ2v) is 14.8. The summed E-state index contributed by atoms with van der Waals surface area (Å²) < 4.78 is 32.7. The van der Waals surface area contributed by atoms with E-state index in [1.165, 1.54) is 4.90 Å². The van der Waals surface area contributed by atoms with Crippen LogP contribution in [0.2, 0.25) is 0 Å². The highest BCUT2D eigenvalue weighted by molar-refractivity contribution is 7.90. The van der Waals surface area contributed by atoms with Gasteiger partial charge in [-0.25, -0.2) is 17.9 Å². The first-order valence-corrected chi connectivity index (χ1v) is 14.5. The smallest absolute Gasteiger partial charge is 0.408 e. The van der Waals surface area contributed by atoms with E-state index in [4.69, 9.17) is 4.74 Å². The van der Waals surface area contributed by atoms with E-state index in [9.17, 15) is 28.2 Å². The Morgan fingerprint density at radius 1 is 1.22 bits per heavy atom. The monoisotopic (exact) mass is 544 g/mol. The number of hydrogen-bond donors (Lipinski definition) is 5. The molecule has 2 saturated carbocycles. The molecule has 0 aromatic rings. The molecule has 3 rings (SSSR count). The summed E-state index contributed by atoms with van der Waals surface area (Å²) in [5, 5.41) is 27.2. The Labute approximate surface area is 220 Å². The number of alkyl carbamates (subject to hydrolysis) is 1. The molecule has 37 heavy (non-hydrogen) atoms. The van der Waals surface area contributed by atoms with Gasteiger partial charge in [0.05, 0.1) is 29.0 Å². The van der Waals surface area contributed by atoms with Crippen LogP contribution in [-0.4, -0.2) is 89.4 Å². The van der Waals surface area contributed by atoms with Gasteiger partial charge in [0.25, 0.3) is 0 Å². The van der Waals surface area contributed by atoms with Gasteiger partial charge in [0.1, 0.15) is 11.8 Å². The molecular formula is C25H44N4O7S. The van der Waals surface area contributed by atoms with E-state index >= 15 is 0 Å². The van der Waals surface area contributed by atoms with Crippen molar-refractivity contribution in [1.82, 2.24) is 20.3 Å². The third kappa shape index (κ3) is 7.44. The van der Waals surface area contributed by atoms with Crippen LogP contribution >= 0.6 is 0 Å². The van der Waals surface area contributed by atoms with Crippen molar-refractivity contribution < 1.29 is 33.0 Å². The minimum Gasteiger partial charge on any atom is -0.444 e. The number of aliphatic hydroxyl groups excluding tert-OH is 2. The maximum atomic E-state index is 13.5. The van der Waals surface area contributed by atoms with Crippen molar-refractivity contribution >= 4 is 22.0 Å². The maximum absolute atomic E-state index is 13.5.